The number of likely N-dealkylation sites (N-methyl/N-ethyl adjacent to an activating group) is 1. The summed E-state index contributed by atoms with van der Waals surface area (Å²) < 4.78 is 5.68. The summed E-state index contributed by atoms with van der Waals surface area (Å²) in [6.07, 6.45) is 1.40. The Labute approximate surface area is 128 Å². The van der Waals surface area contributed by atoms with E-state index in [2.05, 4.69) is 17.6 Å². The van der Waals surface area contributed by atoms with Crippen LogP contribution in [0.2, 0.25) is 0 Å². The Morgan fingerprint density at radius 1 is 1.14 bits per heavy atom. The predicted octanol–water partition coefficient (Wildman–Crippen LogP) is 2.52. The number of carbonyl (C=O) groups is 1. The number of carbonyl (C=O) groups excluding carboxylic acids is 1. The van der Waals surface area contributed by atoms with Crippen molar-refractivity contribution >= 4 is 5.91 Å². The lowest BCUT2D eigenvalue weighted by Crippen LogP contribution is -2.40. The molecule has 1 aromatic carbocycles. The summed E-state index contributed by atoms with van der Waals surface area (Å²) in [5.41, 5.74) is 1.25. The van der Waals surface area contributed by atoms with Crippen LogP contribution in [0.25, 0.3) is 0 Å². The maximum atomic E-state index is 11.9. The highest BCUT2D eigenvalue weighted by atomic mass is 16.5. The van der Waals surface area contributed by atoms with Crippen molar-refractivity contribution in [2.45, 2.75) is 58.7 Å². The van der Waals surface area contributed by atoms with Gasteiger partial charge in [0.2, 0.25) is 0 Å². The lowest BCUT2D eigenvalue weighted by atomic mass is 10.1. The first-order valence-corrected chi connectivity index (χ1v) is 7.69. The van der Waals surface area contributed by atoms with Gasteiger partial charge in [-0.05, 0) is 58.4 Å². The molecule has 0 radical (unpaired) electrons. The highest BCUT2D eigenvalue weighted by molar-refractivity contribution is 5.80. The minimum absolute atomic E-state index is 0.0720. The molecule has 3 unspecified atom stereocenters. The Bertz CT molecular complexity index is 431. The van der Waals surface area contributed by atoms with E-state index in [0.29, 0.717) is 6.04 Å². The third-order valence-electron chi connectivity index (χ3n) is 3.64. The number of hydrogen-bond acceptors (Lipinski definition) is 3. The van der Waals surface area contributed by atoms with Crippen molar-refractivity contribution in [3.8, 4) is 5.75 Å². The largest absolute Gasteiger partial charge is 0.481 e. The first-order valence-electron chi connectivity index (χ1n) is 7.69. The van der Waals surface area contributed by atoms with Gasteiger partial charge < -0.3 is 15.4 Å². The van der Waals surface area contributed by atoms with E-state index < -0.39 is 6.10 Å². The lowest BCUT2D eigenvalue weighted by molar-refractivity contribution is -0.127. The van der Waals surface area contributed by atoms with E-state index in [1.165, 1.54) is 5.56 Å². The topological polar surface area (TPSA) is 50.4 Å². The molecule has 0 aliphatic carbocycles. The molecule has 0 saturated heterocycles. The second-order valence-corrected chi connectivity index (χ2v) is 5.62. The standard InChI is InChI=1S/C17H28N2O2/c1-6-12(2)19-17(20)14(4)21-16-9-7-15(8-10-16)11-13(3)18-5/h7-10,12-14,18H,6,11H2,1-5H3,(H,19,20). The third-order valence-corrected chi connectivity index (χ3v) is 3.64. The third kappa shape index (κ3) is 6.17. The molecule has 1 aromatic rings. The SMILES string of the molecule is CCC(C)NC(=O)C(C)Oc1ccc(CC(C)NC)cc1. The van der Waals surface area contributed by atoms with E-state index in [-0.39, 0.29) is 11.9 Å². The van der Waals surface area contributed by atoms with Gasteiger partial charge in [0.05, 0.1) is 0 Å². The van der Waals surface area contributed by atoms with Crippen LogP contribution in [-0.4, -0.2) is 31.1 Å². The summed E-state index contributed by atoms with van der Waals surface area (Å²) >= 11 is 0. The summed E-state index contributed by atoms with van der Waals surface area (Å²) in [6.45, 7) is 7.95. The Hall–Kier alpha value is -1.55. The van der Waals surface area contributed by atoms with Crippen LogP contribution in [0.4, 0.5) is 0 Å². The zero-order chi connectivity index (χ0) is 15.8. The monoisotopic (exact) mass is 292 g/mol. The van der Waals surface area contributed by atoms with Crippen molar-refractivity contribution in [1.29, 1.82) is 0 Å². The number of nitrogens with one attached hydrogen (secondary N) is 2. The molecule has 0 aliphatic rings. The van der Waals surface area contributed by atoms with Crippen molar-refractivity contribution in [3.05, 3.63) is 29.8 Å². The fourth-order valence-corrected chi connectivity index (χ4v) is 1.88. The molecule has 3 atom stereocenters. The zero-order valence-corrected chi connectivity index (χ0v) is 13.8. The molecule has 4 nitrogen and oxygen atoms in total. The summed E-state index contributed by atoms with van der Waals surface area (Å²) in [5, 5.41) is 6.14. The molecule has 0 aliphatic heterocycles. The van der Waals surface area contributed by atoms with E-state index >= 15 is 0 Å². The normalized spacial score (nSPS) is 15.1. The van der Waals surface area contributed by atoms with Gasteiger partial charge in [-0.15, -0.1) is 0 Å². The van der Waals surface area contributed by atoms with E-state index in [1.54, 1.807) is 6.92 Å². The predicted molar refractivity (Wildman–Crippen MR) is 86.7 cm³/mol. The van der Waals surface area contributed by atoms with Crippen molar-refractivity contribution in [2.24, 2.45) is 0 Å². The van der Waals surface area contributed by atoms with E-state index in [9.17, 15) is 4.79 Å². The highest BCUT2D eigenvalue weighted by Crippen LogP contribution is 2.15. The number of hydrogen-bond donors (Lipinski definition) is 2. The maximum absolute atomic E-state index is 11.9. The van der Waals surface area contributed by atoms with Gasteiger partial charge in [0.25, 0.3) is 5.91 Å². The first-order chi connectivity index (χ1) is 9.96. The zero-order valence-electron chi connectivity index (χ0n) is 13.8. The Morgan fingerprint density at radius 2 is 1.76 bits per heavy atom. The van der Waals surface area contributed by atoms with Crippen molar-refractivity contribution in [2.75, 3.05) is 7.05 Å². The van der Waals surface area contributed by atoms with E-state index in [4.69, 9.17) is 4.74 Å². The van der Waals surface area contributed by atoms with Crippen molar-refractivity contribution < 1.29 is 9.53 Å². The van der Waals surface area contributed by atoms with Gasteiger partial charge in [0.1, 0.15) is 5.75 Å². The molecule has 0 aromatic heterocycles. The van der Waals surface area contributed by atoms with Gasteiger partial charge in [0, 0.05) is 12.1 Å². The van der Waals surface area contributed by atoms with Gasteiger partial charge in [-0.1, -0.05) is 19.1 Å². The number of rotatable bonds is 8. The second kappa shape index (κ2) is 8.67. The van der Waals surface area contributed by atoms with Gasteiger partial charge in [0.15, 0.2) is 6.10 Å². The molecule has 0 bridgehead atoms. The summed E-state index contributed by atoms with van der Waals surface area (Å²) in [6, 6.07) is 8.55. The van der Waals surface area contributed by atoms with Crippen LogP contribution in [0.5, 0.6) is 5.75 Å². The van der Waals surface area contributed by atoms with Crippen LogP contribution in [0, 0.1) is 0 Å². The van der Waals surface area contributed by atoms with Crippen LogP contribution < -0.4 is 15.4 Å². The van der Waals surface area contributed by atoms with Gasteiger partial charge >= 0.3 is 0 Å². The smallest absolute Gasteiger partial charge is 0.260 e. The van der Waals surface area contributed by atoms with E-state index in [1.807, 2.05) is 45.2 Å². The Morgan fingerprint density at radius 3 is 2.29 bits per heavy atom. The average Bonchev–Trinajstić information content (AvgIpc) is 2.48. The summed E-state index contributed by atoms with van der Waals surface area (Å²) in [4.78, 5) is 11.9. The molecule has 21 heavy (non-hydrogen) atoms. The van der Waals surface area contributed by atoms with Crippen molar-refractivity contribution in [3.63, 3.8) is 0 Å². The number of ether oxygens (including phenoxy) is 1. The molecular weight excluding hydrogens is 264 g/mol. The highest BCUT2D eigenvalue weighted by Gasteiger charge is 2.16. The maximum Gasteiger partial charge on any atom is 0.260 e. The minimum Gasteiger partial charge on any atom is -0.481 e. The quantitative estimate of drug-likeness (QED) is 0.774. The first kappa shape index (κ1) is 17.5. The van der Waals surface area contributed by atoms with Gasteiger partial charge in [-0.2, -0.15) is 0 Å². The van der Waals surface area contributed by atoms with Gasteiger partial charge in [-0.25, -0.2) is 0 Å². The molecule has 1 rings (SSSR count). The Kier molecular flexibility index (Phi) is 7.23. The minimum atomic E-state index is -0.485. The molecular formula is C17H28N2O2. The van der Waals surface area contributed by atoms with Gasteiger partial charge in [-0.3, -0.25) is 4.79 Å². The lowest BCUT2D eigenvalue weighted by Gasteiger charge is -2.18. The molecule has 2 N–H and O–H groups in total. The molecule has 0 saturated carbocycles. The summed E-state index contributed by atoms with van der Waals surface area (Å²) in [7, 11) is 1.96. The van der Waals surface area contributed by atoms with Crippen LogP contribution in [0.15, 0.2) is 24.3 Å². The fourth-order valence-electron chi connectivity index (χ4n) is 1.88. The molecule has 118 valence electrons. The Balaban J connectivity index is 2.53. The van der Waals surface area contributed by atoms with Crippen LogP contribution in [0.1, 0.15) is 39.7 Å². The van der Waals surface area contributed by atoms with Crippen molar-refractivity contribution in [1.82, 2.24) is 10.6 Å². The molecule has 4 heteroatoms. The average molecular weight is 292 g/mol. The second-order valence-electron chi connectivity index (χ2n) is 5.62. The summed E-state index contributed by atoms with van der Waals surface area (Å²) in [5.74, 6) is 0.653. The molecule has 1 amide bonds. The molecule has 0 fully saturated rings. The van der Waals surface area contributed by atoms with E-state index in [0.717, 1.165) is 18.6 Å². The fraction of sp³-hybridized carbons (Fsp3) is 0.588. The molecule has 0 spiro atoms. The number of amides is 1. The van der Waals surface area contributed by atoms with Crippen LogP contribution in [-0.2, 0) is 11.2 Å². The van der Waals surface area contributed by atoms with Crippen LogP contribution >= 0.6 is 0 Å². The van der Waals surface area contributed by atoms with Crippen LogP contribution in [0.3, 0.4) is 0 Å². The molecule has 0 heterocycles. The number of benzene rings is 1.